The van der Waals surface area contributed by atoms with Gasteiger partial charge < -0.3 is 10.1 Å². The van der Waals surface area contributed by atoms with Gasteiger partial charge in [-0.15, -0.1) is 13.2 Å². The van der Waals surface area contributed by atoms with E-state index in [0.29, 0.717) is 11.4 Å². The van der Waals surface area contributed by atoms with E-state index in [0.717, 1.165) is 16.8 Å². The van der Waals surface area contributed by atoms with Crippen molar-refractivity contribution in [2.24, 2.45) is 0 Å². The Balaban J connectivity index is 1.82. The molecule has 0 fully saturated rings. The Kier molecular flexibility index (Phi) is 3.45. The van der Waals surface area contributed by atoms with Crippen LogP contribution in [0.25, 0.3) is 0 Å². The second kappa shape index (κ2) is 5.15. The normalized spacial score (nSPS) is 17.2. The topological polar surface area (TPSA) is 21.3 Å². The van der Waals surface area contributed by atoms with Crippen molar-refractivity contribution in [2.75, 3.05) is 5.32 Å². The second-order valence-corrected chi connectivity index (χ2v) is 5.26. The summed E-state index contributed by atoms with van der Waals surface area (Å²) in [4.78, 5) is 0. The van der Waals surface area contributed by atoms with E-state index in [-0.39, 0.29) is 11.8 Å². The van der Waals surface area contributed by atoms with E-state index in [4.69, 9.17) is 11.6 Å². The Labute approximate surface area is 124 Å². The van der Waals surface area contributed by atoms with Gasteiger partial charge in [0, 0.05) is 10.7 Å². The van der Waals surface area contributed by atoms with Gasteiger partial charge in [-0.25, -0.2) is 0 Å². The first-order chi connectivity index (χ1) is 9.90. The summed E-state index contributed by atoms with van der Waals surface area (Å²) in [5.41, 5.74) is 2.74. The van der Waals surface area contributed by atoms with Gasteiger partial charge in [-0.3, -0.25) is 0 Å². The van der Waals surface area contributed by atoms with Gasteiger partial charge in [0.15, 0.2) is 0 Å². The maximum atomic E-state index is 12.3. The van der Waals surface area contributed by atoms with Crippen molar-refractivity contribution in [2.45, 2.75) is 18.8 Å². The third kappa shape index (κ3) is 3.24. The molecular formula is C15H11ClF3NO. The first-order valence-electron chi connectivity index (χ1n) is 6.31. The second-order valence-electron chi connectivity index (χ2n) is 4.82. The zero-order chi connectivity index (χ0) is 15.0. The molecule has 1 aliphatic heterocycles. The number of benzene rings is 2. The summed E-state index contributed by atoms with van der Waals surface area (Å²) in [6.45, 7) is 0. The van der Waals surface area contributed by atoms with Crippen LogP contribution >= 0.6 is 11.6 Å². The van der Waals surface area contributed by atoms with Gasteiger partial charge in [0.25, 0.3) is 0 Å². The summed E-state index contributed by atoms with van der Waals surface area (Å²) in [5.74, 6) is -0.212. The van der Waals surface area contributed by atoms with E-state index in [1.165, 1.54) is 12.1 Å². The molecule has 0 bridgehead atoms. The van der Waals surface area contributed by atoms with E-state index in [1.807, 2.05) is 12.1 Å². The van der Waals surface area contributed by atoms with E-state index < -0.39 is 6.36 Å². The molecule has 0 radical (unpaired) electrons. The van der Waals surface area contributed by atoms with Crippen molar-refractivity contribution in [1.29, 1.82) is 0 Å². The van der Waals surface area contributed by atoms with E-state index in [9.17, 15) is 13.2 Å². The van der Waals surface area contributed by atoms with Crippen LogP contribution in [-0.4, -0.2) is 6.36 Å². The fourth-order valence-corrected chi connectivity index (χ4v) is 2.65. The molecule has 0 aromatic heterocycles. The Morgan fingerprint density at radius 3 is 2.71 bits per heavy atom. The zero-order valence-corrected chi connectivity index (χ0v) is 11.5. The monoisotopic (exact) mass is 313 g/mol. The molecule has 110 valence electrons. The third-order valence-electron chi connectivity index (χ3n) is 3.32. The predicted octanol–water partition coefficient (Wildman–Crippen LogP) is 4.95. The van der Waals surface area contributed by atoms with Crippen LogP contribution in [0.4, 0.5) is 18.9 Å². The minimum atomic E-state index is -4.68. The van der Waals surface area contributed by atoms with E-state index in [2.05, 4.69) is 10.1 Å². The van der Waals surface area contributed by atoms with Gasteiger partial charge in [0.2, 0.25) is 0 Å². The quantitative estimate of drug-likeness (QED) is 0.847. The molecule has 1 heterocycles. The van der Waals surface area contributed by atoms with Crippen LogP contribution in [0.1, 0.15) is 17.2 Å². The fraction of sp³-hybridized carbons (Fsp3) is 0.200. The predicted molar refractivity (Wildman–Crippen MR) is 74.6 cm³/mol. The van der Waals surface area contributed by atoms with Crippen molar-refractivity contribution >= 4 is 17.3 Å². The van der Waals surface area contributed by atoms with Gasteiger partial charge >= 0.3 is 6.36 Å². The number of rotatable bonds is 2. The molecule has 1 unspecified atom stereocenters. The maximum Gasteiger partial charge on any atom is 0.573 e. The summed E-state index contributed by atoms with van der Waals surface area (Å²) in [6, 6.07) is 11.4. The molecule has 0 spiro atoms. The zero-order valence-electron chi connectivity index (χ0n) is 10.7. The molecule has 1 atom stereocenters. The number of alkyl halides is 3. The van der Waals surface area contributed by atoms with Crippen LogP contribution in [0.2, 0.25) is 5.02 Å². The molecule has 2 nitrogen and oxygen atoms in total. The van der Waals surface area contributed by atoms with Crippen molar-refractivity contribution in [3.05, 3.63) is 58.6 Å². The van der Waals surface area contributed by atoms with Crippen molar-refractivity contribution < 1.29 is 17.9 Å². The number of hydrogen-bond acceptors (Lipinski definition) is 2. The molecule has 1 aliphatic rings. The Morgan fingerprint density at radius 2 is 1.95 bits per heavy atom. The molecule has 0 aliphatic carbocycles. The molecule has 2 aromatic rings. The van der Waals surface area contributed by atoms with Gasteiger partial charge in [-0.05, 0) is 47.9 Å². The number of halogens is 4. The molecule has 1 N–H and O–H groups in total. The standard InChI is InChI=1S/C15H11ClF3NO/c16-11-4-5-13-10(6-11)8-14(20-13)9-2-1-3-12(7-9)21-15(17,18)19/h1-7,14,20H,8H2. The first kappa shape index (κ1) is 14.1. The molecule has 0 amide bonds. The minimum absolute atomic E-state index is 0.0877. The van der Waals surface area contributed by atoms with Gasteiger partial charge in [0.05, 0.1) is 6.04 Å². The van der Waals surface area contributed by atoms with E-state index in [1.54, 1.807) is 18.2 Å². The summed E-state index contributed by atoms with van der Waals surface area (Å²) in [5, 5.41) is 3.92. The summed E-state index contributed by atoms with van der Waals surface area (Å²) < 4.78 is 40.7. The van der Waals surface area contributed by atoms with Crippen molar-refractivity contribution in [1.82, 2.24) is 0 Å². The largest absolute Gasteiger partial charge is 0.573 e. The van der Waals surface area contributed by atoms with Gasteiger partial charge in [-0.1, -0.05) is 23.7 Å². The minimum Gasteiger partial charge on any atom is -0.406 e. The van der Waals surface area contributed by atoms with Crippen LogP contribution in [-0.2, 0) is 6.42 Å². The van der Waals surface area contributed by atoms with Crippen LogP contribution in [0.5, 0.6) is 5.75 Å². The number of hydrogen-bond donors (Lipinski definition) is 1. The lowest BCUT2D eigenvalue weighted by Gasteiger charge is -2.14. The highest BCUT2D eigenvalue weighted by Crippen LogP contribution is 2.36. The third-order valence-corrected chi connectivity index (χ3v) is 3.55. The Bertz CT molecular complexity index is 672. The molecular weight excluding hydrogens is 303 g/mol. The van der Waals surface area contributed by atoms with E-state index >= 15 is 0 Å². The lowest BCUT2D eigenvalue weighted by atomic mass is 10.0. The average Bonchev–Trinajstić information content (AvgIpc) is 2.80. The number of ether oxygens (including phenoxy) is 1. The van der Waals surface area contributed by atoms with Crippen LogP contribution in [0.15, 0.2) is 42.5 Å². The maximum absolute atomic E-state index is 12.3. The van der Waals surface area contributed by atoms with Gasteiger partial charge in [-0.2, -0.15) is 0 Å². The Morgan fingerprint density at radius 1 is 1.14 bits per heavy atom. The average molecular weight is 314 g/mol. The molecule has 6 heteroatoms. The van der Waals surface area contributed by atoms with Crippen molar-refractivity contribution in [3.8, 4) is 5.75 Å². The SMILES string of the molecule is FC(F)(F)Oc1cccc(C2Cc3cc(Cl)ccc3N2)c1. The molecule has 0 saturated carbocycles. The molecule has 3 rings (SSSR count). The molecule has 2 aromatic carbocycles. The van der Waals surface area contributed by atoms with Crippen molar-refractivity contribution in [3.63, 3.8) is 0 Å². The lowest BCUT2D eigenvalue weighted by Crippen LogP contribution is -2.17. The summed E-state index contributed by atoms with van der Waals surface area (Å²) in [6.07, 6.45) is -4.01. The van der Waals surface area contributed by atoms with Crippen LogP contribution < -0.4 is 10.1 Å². The molecule has 21 heavy (non-hydrogen) atoms. The number of nitrogens with one attached hydrogen (secondary N) is 1. The fourth-order valence-electron chi connectivity index (χ4n) is 2.46. The van der Waals surface area contributed by atoms with Gasteiger partial charge in [0.1, 0.15) is 5.75 Å². The highest BCUT2D eigenvalue weighted by atomic mass is 35.5. The highest BCUT2D eigenvalue weighted by Gasteiger charge is 2.31. The highest BCUT2D eigenvalue weighted by molar-refractivity contribution is 6.30. The van der Waals surface area contributed by atoms with Crippen LogP contribution in [0.3, 0.4) is 0 Å². The number of fused-ring (bicyclic) bond motifs is 1. The summed E-state index contributed by atoms with van der Waals surface area (Å²) >= 11 is 5.94. The Hall–Kier alpha value is -1.88. The number of anilines is 1. The molecule has 0 saturated heterocycles. The summed E-state index contributed by atoms with van der Waals surface area (Å²) in [7, 11) is 0. The smallest absolute Gasteiger partial charge is 0.406 e. The lowest BCUT2D eigenvalue weighted by molar-refractivity contribution is -0.274. The first-order valence-corrected chi connectivity index (χ1v) is 6.69. The van der Waals surface area contributed by atoms with Crippen LogP contribution in [0, 0.1) is 0 Å².